The van der Waals surface area contributed by atoms with Gasteiger partial charge in [-0.2, -0.15) is 23.4 Å². The summed E-state index contributed by atoms with van der Waals surface area (Å²) in [6.45, 7) is 3.17. The Kier molecular flexibility index (Phi) is 4.55. The summed E-state index contributed by atoms with van der Waals surface area (Å²) in [5.41, 5.74) is 3.27. The van der Waals surface area contributed by atoms with Crippen LogP contribution in [0.3, 0.4) is 0 Å². The maximum Gasteiger partial charge on any atom is 0.416 e. The summed E-state index contributed by atoms with van der Waals surface area (Å²) in [4.78, 5) is 13.9. The first-order valence-electron chi connectivity index (χ1n) is 8.11. The molecule has 142 valence electrons. The van der Waals surface area contributed by atoms with Crippen molar-refractivity contribution in [3.63, 3.8) is 0 Å². The Balaban J connectivity index is 1.88. The van der Waals surface area contributed by atoms with E-state index in [0.717, 1.165) is 21.9 Å². The summed E-state index contributed by atoms with van der Waals surface area (Å²) in [7, 11) is 3.41. The number of hydrogen-bond donors (Lipinski definition) is 0. The van der Waals surface area contributed by atoms with E-state index in [0.29, 0.717) is 5.69 Å². The molecule has 0 bridgehead atoms. The third-order valence-electron chi connectivity index (χ3n) is 4.58. The summed E-state index contributed by atoms with van der Waals surface area (Å²) in [5, 5.41) is 8.69. The highest BCUT2D eigenvalue weighted by atomic mass is 19.4. The molecule has 2 aromatic rings. The molecule has 0 radical (unpaired) electrons. The van der Waals surface area contributed by atoms with Gasteiger partial charge in [0.2, 0.25) is 0 Å². The second-order valence-electron chi connectivity index (χ2n) is 6.36. The topological polar surface area (TPSA) is 65.2 Å². The normalized spacial score (nSPS) is 18.4. The molecule has 1 amide bonds. The Bertz CT molecular complexity index is 840. The lowest BCUT2D eigenvalue weighted by Crippen LogP contribution is -2.51. The van der Waals surface area contributed by atoms with E-state index in [9.17, 15) is 18.0 Å². The molecule has 0 spiro atoms. The average molecular weight is 371 g/mol. The van der Waals surface area contributed by atoms with E-state index in [1.807, 2.05) is 20.9 Å². The largest absolute Gasteiger partial charge is 0.416 e. The van der Waals surface area contributed by atoms with Crippen LogP contribution in [0.4, 0.5) is 13.2 Å². The number of halogens is 3. The summed E-state index contributed by atoms with van der Waals surface area (Å²) in [6, 6.07) is 1.59. The van der Waals surface area contributed by atoms with Gasteiger partial charge in [-0.1, -0.05) is 0 Å². The van der Waals surface area contributed by atoms with Gasteiger partial charge in [0.15, 0.2) is 6.10 Å². The molecular weight excluding hydrogens is 351 g/mol. The second-order valence-corrected chi connectivity index (χ2v) is 6.36. The van der Waals surface area contributed by atoms with E-state index in [1.54, 1.807) is 17.8 Å². The summed E-state index contributed by atoms with van der Waals surface area (Å²) in [5.74, 6) is -0.497. The second kappa shape index (κ2) is 6.42. The van der Waals surface area contributed by atoms with Crippen LogP contribution in [-0.4, -0.2) is 62.3 Å². The van der Waals surface area contributed by atoms with E-state index >= 15 is 0 Å². The Labute approximate surface area is 148 Å². The van der Waals surface area contributed by atoms with Gasteiger partial charge in [0.25, 0.3) is 5.91 Å². The molecule has 1 atom stereocenters. The zero-order chi connectivity index (χ0) is 19.2. The highest BCUT2D eigenvalue weighted by Gasteiger charge is 2.44. The van der Waals surface area contributed by atoms with Crippen LogP contribution in [-0.2, 0) is 18.8 Å². The van der Waals surface area contributed by atoms with Crippen molar-refractivity contribution in [3.8, 4) is 11.3 Å². The number of amides is 1. The maximum absolute atomic E-state index is 12.9. The predicted molar refractivity (Wildman–Crippen MR) is 86.6 cm³/mol. The van der Waals surface area contributed by atoms with E-state index in [-0.39, 0.29) is 18.8 Å². The lowest BCUT2D eigenvalue weighted by atomic mass is 10.1. The molecular formula is C16H20F3N5O2. The standard InChI is InChI=1S/C16H20F3N5O2/c1-9-14(10(2)22(3)20-9)11-7-12(23(4)21-11)15(25)24-5-6-26-13(8-24)16(17,18)19/h7,13H,5-6,8H2,1-4H3/t13-/m0/s1. The van der Waals surface area contributed by atoms with Gasteiger partial charge in [-0.3, -0.25) is 14.2 Å². The number of morpholine rings is 1. The van der Waals surface area contributed by atoms with Gasteiger partial charge >= 0.3 is 6.18 Å². The van der Waals surface area contributed by atoms with Crippen LogP contribution in [0.15, 0.2) is 6.07 Å². The fourth-order valence-electron chi connectivity index (χ4n) is 3.13. The number of nitrogens with zero attached hydrogens (tertiary/aromatic N) is 5. The van der Waals surface area contributed by atoms with Crippen LogP contribution < -0.4 is 0 Å². The monoisotopic (exact) mass is 371 g/mol. The zero-order valence-corrected chi connectivity index (χ0v) is 15.0. The minimum absolute atomic E-state index is 0.108. The van der Waals surface area contributed by atoms with Crippen LogP contribution >= 0.6 is 0 Å². The lowest BCUT2D eigenvalue weighted by Gasteiger charge is -2.33. The average Bonchev–Trinajstić information content (AvgIpc) is 3.05. The number of carbonyl (C=O) groups excluding carboxylic acids is 1. The van der Waals surface area contributed by atoms with Crippen molar-refractivity contribution < 1.29 is 22.7 Å². The smallest absolute Gasteiger partial charge is 0.365 e. The Morgan fingerprint density at radius 1 is 1.23 bits per heavy atom. The molecule has 2 aromatic heterocycles. The van der Waals surface area contributed by atoms with E-state index in [2.05, 4.69) is 10.2 Å². The number of hydrogen-bond acceptors (Lipinski definition) is 4. The van der Waals surface area contributed by atoms with E-state index in [1.165, 1.54) is 4.68 Å². The number of ether oxygens (including phenoxy) is 1. The highest BCUT2D eigenvalue weighted by molar-refractivity contribution is 5.94. The van der Waals surface area contributed by atoms with E-state index in [4.69, 9.17) is 4.74 Å². The molecule has 0 unspecified atom stereocenters. The molecule has 1 saturated heterocycles. The molecule has 0 aromatic carbocycles. The molecule has 0 aliphatic carbocycles. The van der Waals surface area contributed by atoms with Gasteiger partial charge in [-0.05, 0) is 19.9 Å². The molecule has 1 aliphatic heterocycles. The molecule has 10 heteroatoms. The Hall–Kier alpha value is -2.36. The molecule has 3 rings (SSSR count). The first kappa shape index (κ1) is 18.4. The van der Waals surface area contributed by atoms with Gasteiger partial charge in [0, 0.05) is 31.9 Å². The SMILES string of the molecule is Cc1nn(C)c(C)c1-c1cc(C(=O)N2CCO[C@H](C(F)(F)F)C2)n(C)n1. The van der Waals surface area contributed by atoms with Crippen LogP contribution in [0.25, 0.3) is 11.3 Å². The highest BCUT2D eigenvalue weighted by Crippen LogP contribution is 2.28. The molecule has 26 heavy (non-hydrogen) atoms. The van der Waals surface area contributed by atoms with Crippen molar-refractivity contribution in [2.45, 2.75) is 26.1 Å². The van der Waals surface area contributed by atoms with Gasteiger partial charge in [-0.15, -0.1) is 0 Å². The third-order valence-corrected chi connectivity index (χ3v) is 4.58. The van der Waals surface area contributed by atoms with Crippen LogP contribution in [0.1, 0.15) is 21.9 Å². The molecule has 0 saturated carbocycles. The Morgan fingerprint density at radius 3 is 2.50 bits per heavy atom. The number of aromatic nitrogens is 4. The Morgan fingerprint density at radius 2 is 1.92 bits per heavy atom. The van der Waals surface area contributed by atoms with Gasteiger partial charge in [-0.25, -0.2) is 0 Å². The van der Waals surface area contributed by atoms with Gasteiger partial charge in [0.05, 0.1) is 24.5 Å². The first-order valence-corrected chi connectivity index (χ1v) is 8.11. The molecule has 7 nitrogen and oxygen atoms in total. The van der Waals surface area contributed by atoms with Crippen LogP contribution in [0.2, 0.25) is 0 Å². The number of rotatable bonds is 2. The lowest BCUT2D eigenvalue weighted by molar-refractivity contribution is -0.233. The molecule has 0 N–H and O–H groups in total. The summed E-state index contributed by atoms with van der Waals surface area (Å²) < 4.78 is 46.5. The quantitative estimate of drug-likeness (QED) is 0.808. The van der Waals surface area contributed by atoms with Gasteiger partial charge < -0.3 is 9.64 Å². The number of alkyl halides is 3. The molecule has 1 aliphatic rings. The number of carbonyl (C=O) groups is 1. The van der Waals surface area contributed by atoms with Crippen LogP contribution in [0.5, 0.6) is 0 Å². The zero-order valence-electron chi connectivity index (χ0n) is 15.0. The van der Waals surface area contributed by atoms with Crippen molar-refractivity contribution >= 4 is 5.91 Å². The van der Waals surface area contributed by atoms with Crippen molar-refractivity contribution in [1.29, 1.82) is 0 Å². The molecule has 1 fully saturated rings. The fraction of sp³-hybridized carbons (Fsp3) is 0.562. The third kappa shape index (κ3) is 3.20. The van der Waals surface area contributed by atoms with Crippen molar-refractivity contribution in [2.75, 3.05) is 19.7 Å². The summed E-state index contributed by atoms with van der Waals surface area (Å²) >= 11 is 0. The fourth-order valence-corrected chi connectivity index (χ4v) is 3.13. The van der Waals surface area contributed by atoms with Crippen molar-refractivity contribution in [2.24, 2.45) is 14.1 Å². The van der Waals surface area contributed by atoms with E-state index < -0.39 is 24.7 Å². The van der Waals surface area contributed by atoms with Crippen molar-refractivity contribution in [1.82, 2.24) is 24.5 Å². The molecule has 3 heterocycles. The maximum atomic E-state index is 12.9. The minimum Gasteiger partial charge on any atom is -0.365 e. The van der Waals surface area contributed by atoms with Gasteiger partial charge in [0.1, 0.15) is 5.69 Å². The predicted octanol–water partition coefficient (Wildman–Crippen LogP) is 1.84. The first-order chi connectivity index (χ1) is 12.1. The summed E-state index contributed by atoms with van der Waals surface area (Å²) in [6.07, 6.45) is -6.46. The minimum atomic E-state index is -4.50. The van der Waals surface area contributed by atoms with Crippen molar-refractivity contribution in [3.05, 3.63) is 23.1 Å². The number of aryl methyl sites for hydroxylation is 3. The van der Waals surface area contributed by atoms with Crippen LogP contribution in [0, 0.1) is 13.8 Å².